The molecular weight excluding hydrogens is 588 g/mol. The number of nitrogens with one attached hydrogen (secondary N) is 2. The number of Topliss-reactive ketones (excluding diaryl/α,β-unsaturated/α-hetero) is 1. The van der Waals surface area contributed by atoms with Crippen LogP contribution in [0.2, 0.25) is 0 Å². The molecule has 0 unspecified atom stereocenters. The molecule has 0 bridgehead atoms. The summed E-state index contributed by atoms with van der Waals surface area (Å²) in [4.78, 5) is 62.1. The molecule has 244 valence electrons. The monoisotopic (exact) mass is 634 g/mol. The largest absolute Gasteiger partial charge is 0.446 e. The van der Waals surface area contributed by atoms with Gasteiger partial charge in [0, 0.05) is 19.3 Å². The Labute approximate surface area is 259 Å². The lowest BCUT2D eigenvalue weighted by Crippen LogP contribution is -2.57. The van der Waals surface area contributed by atoms with Crippen LogP contribution in [-0.4, -0.2) is 78.3 Å². The average molecular weight is 635 g/mol. The van der Waals surface area contributed by atoms with Crippen molar-refractivity contribution >= 4 is 39.4 Å². The Kier molecular flexibility index (Phi) is 8.67. The minimum absolute atomic E-state index is 0.0846. The quantitative estimate of drug-likeness (QED) is 0.327. The predicted molar refractivity (Wildman–Crippen MR) is 162 cm³/mol. The summed E-state index contributed by atoms with van der Waals surface area (Å²) in [6.07, 6.45) is 6.58. The second-order valence-corrected chi connectivity index (χ2v) is 16.4. The Hall–Kier alpha value is -2.96. The molecule has 1 spiro atoms. The maximum absolute atomic E-state index is 14.3. The van der Waals surface area contributed by atoms with Crippen molar-refractivity contribution in [1.82, 2.24) is 14.9 Å². The van der Waals surface area contributed by atoms with Crippen LogP contribution in [0.3, 0.4) is 0 Å². The minimum Gasteiger partial charge on any atom is -0.446 e. The predicted octanol–water partition coefficient (Wildman–Crippen LogP) is 3.36. The van der Waals surface area contributed by atoms with Crippen molar-refractivity contribution in [1.29, 1.82) is 0 Å². The van der Waals surface area contributed by atoms with Crippen LogP contribution in [0.15, 0.2) is 17.8 Å². The maximum Gasteiger partial charge on any atom is 0.408 e. The number of ketones is 1. The fraction of sp³-hybridized carbons (Fsp3) is 0.774. The lowest BCUT2D eigenvalue weighted by Gasteiger charge is -2.35. The van der Waals surface area contributed by atoms with Gasteiger partial charge >= 0.3 is 6.09 Å². The van der Waals surface area contributed by atoms with Gasteiger partial charge in [0.25, 0.3) is 0 Å². The Bertz CT molecular complexity index is 1350. The number of ether oxygens (including phenoxy) is 1. The molecule has 5 atom stereocenters. The smallest absolute Gasteiger partial charge is 0.408 e. The van der Waals surface area contributed by atoms with Gasteiger partial charge in [0.05, 0.1) is 29.0 Å². The first-order valence-electron chi connectivity index (χ1n) is 15.9. The molecule has 44 heavy (non-hydrogen) atoms. The van der Waals surface area contributed by atoms with Crippen LogP contribution >= 0.6 is 0 Å². The van der Waals surface area contributed by atoms with Gasteiger partial charge in [0.1, 0.15) is 12.1 Å². The van der Waals surface area contributed by atoms with Crippen LogP contribution in [0.4, 0.5) is 4.79 Å². The van der Waals surface area contributed by atoms with Crippen molar-refractivity contribution in [2.24, 2.45) is 21.9 Å². The normalized spacial score (nSPS) is 30.8. The van der Waals surface area contributed by atoms with E-state index in [1.807, 2.05) is 27.7 Å². The maximum atomic E-state index is 14.3. The lowest BCUT2D eigenvalue weighted by atomic mass is 9.85. The van der Waals surface area contributed by atoms with Gasteiger partial charge in [-0.25, -0.2) is 13.2 Å². The van der Waals surface area contributed by atoms with Gasteiger partial charge in [-0.2, -0.15) is 0 Å². The average Bonchev–Trinajstić information content (AvgIpc) is 3.78. The molecule has 2 aliphatic heterocycles. The third-order valence-electron chi connectivity index (χ3n) is 9.87. The molecule has 12 nitrogen and oxygen atoms in total. The standard InChI is InChI=1S/C31H46N4O8S/c1-6-19-14-31(19,27(38)34-44(40,41)22-12-13-22)17-24(36)23-16-30(15-20(7-2)33-43-30)18-35(23)26(37)25(29(3,4)5)32-28(39)42-21-10-8-9-11-21/h6,19,21-23,25H,1,7-18H2,2-5H3,(H,32,39)(H,34,38)/t19-,23+,25-,30-,31-/m1/s1. The number of carbonyl (C=O) groups excluding carboxylic acids is 4. The van der Waals surface area contributed by atoms with Gasteiger partial charge in [-0.15, -0.1) is 6.58 Å². The molecule has 4 fully saturated rings. The molecule has 13 heteroatoms. The molecule has 0 aromatic carbocycles. The molecule has 0 radical (unpaired) electrons. The van der Waals surface area contributed by atoms with E-state index in [1.165, 1.54) is 4.90 Å². The van der Waals surface area contributed by atoms with Crippen LogP contribution in [-0.2, 0) is 34.0 Å². The number of nitrogens with zero attached hydrogens (tertiary/aromatic N) is 2. The fourth-order valence-electron chi connectivity index (χ4n) is 6.88. The van der Waals surface area contributed by atoms with E-state index < -0.39 is 61.7 Å². The van der Waals surface area contributed by atoms with E-state index in [9.17, 15) is 27.6 Å². The first-order valence-corrected chi connectivity index (χ1v) is 17.4. The van der Waals surface area contributed by atoms with E-state index in [4.69, 9.17) is 9.57 Å². The SMILES string of the molecule is C=C[C@@H]1C[C@]1(CC(=O)[C@@H]1C[C@]2(CC(CC)=NO2)CN1C(=O)[C@@H](NC(=O)OC1CCCC1)C(C)(C)C)C(=O)NS(=O)(=O)C1CC1. The highest BCUT2D eigenvalue weighted by Crippen LogP contribution is 2.57. The summed E-state index contributed by atoms with van der Waals surface area (Å²) in [6, 6.07) is -1.96. The summed E-state index contributed by atoms with van der Waals surface area (Å²) in [5.41, 5.74) is -2.05. The Morgan fingerprint density at radius 3 is 2.39 bits per heavy atom. The van der Waals surface area contributed by atoms with Crippen molar-refractivity contribution < 1.29 is 37.2 Å². The van der Waals surface area contributed by atoms with Gasteiger partial charge in [0.15, 0.2) is 11.4 Å². The highest BCUT2D eigenvalue weighted by atomic mass is 32.2. The highest BCUT2D eigenvalue weighted by Gasteiger charge is 2.63. The third kappa shape index (κ3) is 6.53. The molecule has 5 rings (SSSR count). The number of likely N-dealkylation sites (tertiary alicyclic amines) is 1. The van der Waals surface area contributed by atoms with Gasteiger partial charge in [-0.05, 0) is 62.7 Å². The molecule has 0 aromatic heterocycles. The first kappa shape index (κ1) is 32.4. The van der Waals surface area contributed by atoms with E-state index in [-0.39, 0.29) is 37.2 Å². The molecule has 1 saturated heterocycles. The van der Waals surface area contributed by atoms with E-state index >= 15 is 0 Å². The second kappa shape index (κ2) is 11.8. The number of carbonyl (C=O) groups is 4. The van der Waals surface area contributed by atoms with Gasteiger partial charge in [-0.1, -0.05) is 38.9 Å². The highest BCUT2D eigenvalue weighted by molar-refractivity contribution is 7.90. The first-order chi connectivity index (χ1) is 20.6. The zero-order chi connectivity index (χ0) is 32.1. The zero-order valence-corrected chi connectivity index (χ0v) is 27.0. The molecular formula is C31H46N4O8S. The Balaban J connectivity index is 1.38. The van der Waals surface area contributed by atoms with Crippen molar-refractivity contribution in [2.45, 2.75) is 127 Å². The van der Waals surface area contributed by atoms with Crippen molar-refractivity contribution in [2.75, 3.05) is 6.54 Å². The van der Waals surface area contributed by atoms with E-state index in [1.54, 1.807) is 6.08 Å². The molecule has 3 aliphatic carbocycles. The van der Waals surface area contributed by atoms with E-state index in [0.29, 0.717) is 32.1 Å². The fourth-order valence-corrected chi connectivity index (χ4v) is 8.27. The molecule has 2 heterocycles. The third-order valence-corrected chi connectivity index (χ3v) is 11.7. The Morgan fingerprint density at radius 2 is 1.84 bits per heavy atom. The topological polar surface area (TPSA) is 161 Å². The summed E-state index contributed by atoms with van der Waals surface area (Å²) in [6.45, 7) is 11.3. The van der Waals surface area contributed by atoms with E-state index in [2.05, 4.69) is 21.8 Å². The summed E-state index contributed by atoms with van der Waals surface area (Å²) >= 11 is 0. The van der Waals surface area contributed by atoms with Crippen molar-refractivity contribution in [3.05, 3.63) is 12.7 Å². The second-order valence-electron chi connectivity index (χ2n) is 14.4. The Morgan fingerprint density at radius 1 is 1.16 bits per heavy atom. The van der Waals surface area contributed by atoms with Crippen LogP contribution in [0.5, 0.6) is 0 Å². The number of rotatable bonds is 11. The number of hydrogen-bond acceptors (Lipinski definition) is 9. The number of oxime groups is 1. The summed E-state index contributed by atoms with van der Waals surface area (Å²) < 4.78 is 33.0. The summed E-state index contributed by atoms with van der Waals surface area (Å²) in [5.74, 6) is -1.89. The van der Waals surface area contributed by atoms with E-state index in [0.717, 1.165) is 31.4 Å². The van der Waals surface area contributed by atoms with Crippen molar-refractivity contribution in [3.63, 3.8) is 0 Å². The number of allylic oxidation sites excluding steroid dienone is 1. The number of hydrogen-bond donors (Lipinski definition) is 2. The van der Waals surface area contributed by atoms with Gasteiger partial charge < -0.3 is 19.8 Å². The molecule has 2 N–H and O–H groups in total. The molecule has 3 amide bonds. The summed E-state index contributed by atoms with van der Waals surface area (Å²) in [5, 5.41) is 6.41. The van der Waals surface area contributed by atoms with Gasteiger partial charge in [0.2, 0.25) is 21.8 Å². The zero-order valence-electron chi connectivity index (χ0n) is 26.2. The van der Waals surface area contributed by atoms with Crippen molar-refractivity contribution in [3.8, 4) is 0 Å². The number of sulfonamides is 1. The minimum atomic E-state index is -3.81. The summed E-state index contributed by atoms with van der Waals surface area (Å²) in [7, 11) is -3.81. The number of alkyl carbamates (subject to hydrolysis) is 1. The van der Waals surface area contributed by atoms with Crippen LogP contribution in [0.1, 0.15) is 98.3 Å². The molecule has 3 saturated carbocycles. The van der Waals surface area contributed by atoms with Gasteiger partial charge in [-0.3, -0.25) is 19.1 Å². The molecule has 5 aliphatic rings. The van der Waals surface area contributed by atoms with Crippen LogP contribution < -0.4 is 10.0 Å². The van der Waals surface area contributed by atoms with Crippen LogP contribution in [0.25, 0.3) is 0 Å². The van der Waals surface area contributed by atoms with Crippen LogP contribution in [0, 0.1) is 16.7 Å². The number of amides is 3. The molecule has 0 aromatic rings. The lowest BCUT2D eigenvalue weighted by molar-refractivity contribution is -0.142.